The van der Waals surface area contributed by atoms with Gasteiger partial charge in [-0.15, -0.1) is 0 Å². The van der Waals surface area contributed by atoms with E-state index < -0.39 is 0 Å². The highest BCUT2D eigenvalue weighted by molar-refractivity contribution is 5.18. The van der Waals surface area contributed by atoms with Crippen molar-refractivity contribution in [1.29, 1.82) is 0 Å². The van der Waals surface area contributed by atoms with Gasteiger partial charge in [0.15, 0.2) is 0 Å². The van der Waals surface area contributed by atoms with Crippen LogP contribution in [0.3, 0.4) is 0 Å². The Bertz CT molecular complexity index is 363. The summed E-state index contributed by atoms with van der Waals surface area (Å²) in [7, 11) is 0. The lowest BCUT2D eigenvalue weighted by atomic mass is 9.93. The molecule has 0 aliphatic carbocycles. The number of piperidine rings is 1. The first-order chi connectivity index (χ1) is 9.16. The average Bonchev–Trinajstić information content (AvgIpc) is 2.42. The van der Waals surface area contributed by atoms with E-state index in [0.717, 1.165) is 18.4 Å². The molecule has 0 bridgehead atoms. The van der Waals surface area contributed by atoms with Crippen LogP contribution in [0.1, 0.15) is 51.1 Å². The number of likely N-dealkylation sites (tertiary alicyclic amines) is 1. The van der Waals surface area contributed by atoms with Gasteiger partial charge >= 0.3 is 0 Å². The number of rotatable bonds is 5. The summed E-state index contributed by atoms with van der Waals surface area (Å²) in [6.45, 7) is 7.21. The fourth-order valence-electron chi connectivity index (χ4n) is 3.17. The standard InChI is InChI=1S/C17H28N2/c1-14-10-12-19(15(2)13-14)11-6-9-17(18)16-7-4-3-5-8-16/h3-5,7-8,14-15,17H,6,9-13,18H2,1-2H3. The summed E-state index contributed by atoms with van der Waals surface area (Å²) < 4.78 is 0. The van der Waals surface area contributed by atoms with Crippen LogP contribution in [0.2, 0.25) is 0 Å². The molecule has 106 valence electrons. The lowest BCUT2D eigenvalue weighted by Gasteiger charge is -2.36. The molecule has 0 saturated carbocycles. The molecule has 3 atom stereocenters. The van der Waals surface area contributed by atoms with Gasteiger partial charge in [-0.05, 0) is 57.2 Å². The van der Waals surface area contributed by atoms with Gasteiger partial charge in [-0.25, -0.2) is 0 Å². The Balaban J connectivity index is 1.72. The Kier molecular flexibility index (Phi) is 5.41. The van der Waals surface area contributed by atoms with E-state index in [1.807, 2.05) is 6.07 Å². The molecule has 1 heterocycles. The molecule has 0 radical (unpaired) electrons. The molecule has 1 aliphatic heterocycles. The number of hydrogen-bond acceptors (Lipinski definition) is 2. The smallest absolute Gasteiger partial charge is 0.0295 e. The van der Waals surface area contributed by atoms with Crippen LogP contribution in [0, 0.1) is 5.92 Å². The summed E-state index contributed by atoms with van der Waals surface area (Å²) in [5.41, 5.74) is 7.52. The molecule has 0 amide bonds. The Morgan fingerprint density at radius 3 is 2.68 bits per heavy atom. The van der Waals surface area contributed by atoms with Gasteiger partial charge < -0.3 is 10.6 Å². The van der Waals surface area contributed by atoms with Gasteiger partial charge in [0.25, 0.3) is 0 Å². The highest BCUT2D eigenvalue weighted by atomic mass is 15.2. The Labute approximate surface area is 118 Å². The number of hydrogen-bond donors (Lipinski definition) is 1. The van der Waals surface area contributed by atoms with Crippen molar-refractivity contribution in [2.45, 2.75) is 51.6 Å². The fourth-order valence-corrected chi connectivity index (χ4v) is 3.17. The Morgan fingerprint density at radius 2 is 2.00 bits per heavy atom. The molecular formula is C17H28N2. The predicted octanol–water partition coefficient (Wildman–Crippen LogP) is 3.59. The number of benzene rings is 1. The molecule has 2 nitrogen and oxygen atoms in total. The van der Waals surface area contributed by atoms with Gasteiger partial charge in [0.2, 0.25) is 0 Å². The van der Waals surface area contributed by atoms with E-state index in [0.29, 0.717) is 0 Å². The van der Waals surface area contributed by atoms with Crippen LogP contribution in [-0.4, -0.2) is 24.0 Å². The molecular weight excluding hydrogens is 232 g/mol. The zero-order valence-electron chi connectivity index (χ0n) is 12.4. The van der Waals surface area contributed by atoms with Gasteiger partial charge in [-0.3, -0.25) is 0 Å². The molecule has 1 aromatic rings. The Hall–Kier alpha value is -0.860. The second-order valence-corrected chi connectivity index (χ2v) is 6.17. The monoisotopic (exact) mass is 260 g/mol. The average molecular weight is 260 g/mol. The second kappa shape index (κ2) is 7.06. The molecule has 3 unspecified atom stereocenters. The SMILES string of the molecule is CC1CCN(CCCC(N)c2ccccc2)C(C)C1. The normalized spacial score (nSPS) is 26.3. The minimum absolute atomic E-state index is 0.195. The van der Waals surface area contributed by atoms with Crippen LogP contribution < -0.4 is 5.73 Å². The highest BCUT2D eigenvalue weighted by Gasteiger charge is 2.22. The summed E-state index contributed by atoms with van der Waals surface area (Å²) in [6.07, 6.45) is 5.00. The lowest BCUT2D eigenvalue weighted by molar-refractivity contribution is 0.126. The van der Waals surface area contributed by atoms with Gasteiger partial charge in [-0.2, -0.15) is 0 Å². The van der Waals surface area contributed by atoms with E-state index in [1.165, 1.54) is 37.9 Å². The first kappa shape index (κ1) is 14.5. The molecule has 1 aliphatic rings. The van der Waals surface area contributed by atoms with Crippen molar-refractivity contribution in [3.05, 3.63) is 35.9 Å². The van der Waals surface area contributed by atoms with Crippen molar-refractivity contribution >= 4 is 0 Å². The molecule has 19 heavy (non-hydrogen) atoms. The zero-order valence-corrected chi connectivity index (χ0v) is 12.4. The van der Waals surface area contributed by atoms with Crippen LogP contribution in [0.4, 0.5) is 0 Å². The fraction of sp³-hybridized carbons (Fsp3) is 0.647. The van der Waals surface area contributed by atoms with Gasteiger partial charge in [0.1, 0.15) is 0 Å². The third kappa shape index (κ3) is 4.32. The van der Waals surface area contributed by atoms with E-state index >= 15 is 0 Å². The third-order valence-corrected chi connectivity index (χ3v) is 4.46. The minimum atomic E-state index is 0.195. The molecule has 1 aromatic carbocycles. The molecule has 2 heteroatoms. The first-order valence-electron chi connectivity index (χ1n) is 7.71. The van der Waals surface area contributed by atoms with E-state index in [4.69, 9.17) is 5.73 Å². The van der Waals surface area contributed by atoms with Crippen molar-refractivity contribution in [2.24, 2.45) is 11.7 Å². The summed E-state index contributed by atoms with van der Waals surface area (Å²) >= 11 is 0. The van der Waals surface area contributed by atoms with E-state index in [2.05, 4.69) is 43.0 Å². The molecule has 0 spiro atoms. The van der Waals surface area contributed by atoms with Crippen molar-refractivity contribution < 1.29 is 0 Å². The van der Waals surface area contributed by atoms with Crippen LogP contribution in [0.15, 0.2) is 30.3 Å². The van der Waals surface area contributed by atoms with E-state index in [9.17, 15) is 0 Å². The summed E-state index contributed by atoms with van der Waals surface area (Å²) in [4.78, 5) is 2.64. The lowest BCUT2D eigenvalue weighted by Crippen LogP contribution is -2.40. The number of nitrogens with zero attached hydrogens (tertiary/aromatic N) is 1. The maximum atomic E-state index is 6.25. The molecule has 2 N–H and O–H groups in total. The van der Waals surface area contributed by atoms with Crippen molar-refractivity contribution in [1.82, 2.24) is 4.90 Å². The molecule has 0 aromatic heterocycles. The quantitative estimate of drug-likeness (QED) is 0.876. The summed E-state index contributed by atoms with van der Waals surface area (Å²) in [5.74, 6) is 0.901. The first-order valence-corrected chi connectivity index (χ1v) is 7.71. The maximum absolute atomic E-state index is 6.25. The minimum Gasteiger partial charge on any atom is -0.324 e. The van der Waals surface area contributed by atoms with Crippen LogP contribution in [0.5, 0.6) is 0 Å². The van der Waals surface area contributed by atoms with Gasteiger partial charge in [0.05, 0.1) is 0 Å². The largest absolute Gasteiger partial charge is 0.324 e. The molecule has 2 rings (SSSR count). The number of nitrogens with two attached hydrogens (primary N) is 1. The summed E-state index contributed by atoms with van der Waals surface area (Å²) in [6, 6.07) is 11.4. The third-order valence-electron chi connectivity index (χ3n) is 4.46. The maximum Gasteiger partial charge on any atom is 0.0295 e. The second-order valence-electron chi connectivity index (χ2n) is 6.17. The van der Waals surface area contributed by atoms with Crippen LogP contribution >= 0.6 is 0 Å². The van der Waals surface area contributed by atoms with E-state index in [-0.39, 0.29) is 6.04 Å². The molecule has 1 fully saturated rings. The highest BCUT2D eigenvalue weighted by Crippen LogP contribution is 2.23. The van der Waals surface area contributed by atoms with Crippen molar-refractivity contribution in [3.63, 3.8) is 0 Å². The zero-order chi connectivity index (χ0) is 13.7. The summed E-state index contributed by atoms with van der Waals surface area (Å²) in [5, 5.41) is 0. The van der Waals surface area contributed by atoms with Crippen molar-refractivity contribution in [3.8, 4) is 0 Å². The predicted molar refractivity (Wildman–Crippen MR) is 82.0 cm³/mol. The van der Waals surface area contributed by atoms with E-state index in [1.54, 1.807) is 0 Å². The molecule has 1 saturated heterocycles. The van der Waals surface area contributed by atoms with Crippen LogP contribution in [-0.2, 0) is 0 Å². The van der Waals surface area contributed by atoms with Gasteiger partial charge in [0, 0.05) is 12.1 Å². The van der Waals surface area contributed by atoms with Gasteiger partial charge in [-0.1, -0.05) is 37.3 Å². The van der Waals surface area contributed by atoms with Crippen molar-refractivity contribution in [2.75, 3.05) is 13.1 Å². The Morgan fingerprint density at radius 1 is 1.26 bits per heavy atom. The topological polar surface area (TPSA) is 29.3 Å². The van der Waals surface area contributed by atoms with Crippen LogP contribution in [0.25, 0.3) is 0 Å².